The maximum Gasteiger partial charge on any atom is 0.335 e. The zero-order chi connectivity index (χ0) is 11.4. The summed E-state index contributed by atoms with van der Waals surface area (Å²) in [5.74, 6) is -0.184. The summed E-state index contributed by atoms with van der Waals surface area (Å²) in [5, 5.41) is 8.97. The van der Waals surface area contributed by atoms with E-state index < -0.39 is 5.97 Å². The third kappa shape index (κ3) is 3.08. The quantitative estimate of drug-likeness (QED) is 0.820. The molecule has 2 heteroatoms. The Morgan fingerprint density at radius 3 is 2.60 bits per heavy atom. The molecule has 2 nitrogen and oxygen atoms in total. The number of hydrogen-bond donors (Lipinski definition) is 1. The standard InChI is InChI=1S/C13H18O2/c1-9(2)7-8-11-5-4-6-12(10(11)3)13(14)15/h4-6,9H,7-8H2,1-3H3,(H,14,15). The second kappa shape index (κ2) is 4.96. The highest BCUT2D eigenvalue weighted by Crippen LogP contribution is 2.17. The Balaban J connectivity index is 2.89. The van der Waals surface area contributed by atoms with Gasteiger partial charge in [0, 0.05) is 0 Å². The van der Waals surface area contributed by atoms with Gasteiger partial charge in [0.1, 0.15) is 0 Å². The van der Waals surface area contributed by atoms with E-state index in [0.29, 0.717) is 11.5 Å². The van der Waals surface area contributed by atoms with Crippen LogP contribution < -0.4 is 0 Å². The molecule has 0 aliphatic heterocycles. The third-order valence-corrected chi connectivity index (χ3v) is 2.67. The van der Waals surface area contributed by atoms with Crippen LogP contribution in [0.3, 0.4) is 0 Å². The van der Waals surface area contributed by atoms with Crippen molar-refractivity contribution in [2.24, 2.45) is 5.92 Å². The number of rotatable bonds is 4. The van der Waals surface area contributed by atoms with Crippen LogP contribution in [0.25, 0.3) is 0 Å². The Morgan fingerprint density at radius 2 is 2.07 bits per heavy atom. The molecule has 0 bridgehead atoms. The van der Waals surface area contributed by atoms with Crippen molar-refractivity contribution >= 4 is 5.97 Å². The molecular formula is C13H18O2. The molecule has 1 aromatic carbocycles. The molecule has 0 saturated heterocycles. The van der Waals surface area contributed by atoms with Crippen LogP contribution in [0.2, 0.25) is 0 Å². The molecule has 0 spiro atoms. The summed E-state index contributed by atoms with van der Waals surface area (Å²) < 4.78 is 0. The van der Waals surface area contributed by atoms with Gasteiger partial charge in [-0.1, -0.05) is 26.0 Å². The average molecular weight is 206 g/mol. The van der Waals surface area contributed by atoms with Crippen LogP contribution in [-0.2, 0) is 6.42 Å². The van der Waals surface area contributed by atoms with Crippen molar-refractivity contribution < 1.29 is 9.90 Å². The zero-order valence-corrected chi connectivity index (χ0v) is 9.58. The Kier molecular flexibility index (Phi) is 3.89. The molecule has 0 radical (unpaired) electrons. The first kappa shape index (κ1) is 11.8. The van der Waals surface area contributed by atoms with Crippen LogP contribution in [0, 0.1) is 12.8 Å². The van der Waals surface area contributed by atoms with Crippen molar-refractivity contribution in [3.63, 3.8) is 0 Å². The molecule has 1 aromatic rings. The molecule has 0 atom stereocenters. The summed E-state index contributed by atoms with van der Waals surface area (Å²) in [6.45, 7) is 6.24. The summed E-state index contributed by atoms with van der Waals surface area (Å²) in [6, 6.07) is 5.51. The van der Waals surface area contributed by atoms with Crippen molar-refractivity contribution in [3.05, 3.63) is 34.9 Å². The molecule has 1 N–H and O–H groups in total. The van der Waals surface area contributed by atoms with Crippen molar-refractivity contribution in [2.75, 3.05) is 0 Å². The van der Waals surface area contributed by atoms with Crippen LogP contribution in [-0.4, -0.2) is 11.1 Å². The minimum Gasteiger partial charge on any atom is -0.478 e. The molecule has 1 rings (SSSR count). The van der Waals surface area contributed by atoms with Gasteiger partial charge in [0.2, 0.25) is 0 Å². The van der Waals surface area contributed by atoms with Gasteiger partial charge in [-0.2, -0.15) is 0 Å². The molecule has 0 heterocycles. The van der Waals surface area contributed by atoms with Crippen LogP contribution in [0.4, 0.5) is 0 Å². The van der Waals surface area contributed by atoms with Gasteiger partial charge >= 0.3 is 5.97 Å². The first-order valence-corrected chi connectivity index (χ1v) is 5.34. The maximum absolute atomic E-state index is 10.9. The van der Waals surface area contributed by atoms with E-state index in [1.54, 1.807) is 6.07 Å². The van der Waals surface area contributed by atoms with Crippen molar-refractivity contribution in [2.45, 2.75) is 33.6 Å². The van der Waals surface area contributed by atoms with Gasteiger partial charge in [-0.05, 0) is 42.9 Å². The first-order chi connectivity index (χ1) is 7.02. The van der Waals surface area contributed by atoms with Gasteiger partial charge in [-0.15, -0.1) is 0 Å². The Morgan fingerprint density at radius 1 is 1.40 bits per heavy atom. The van der Waals surface area contributed by atoms with Crippen molar-refractivity contribution in [3.8, 4) is 0 Å². The predicted molar refractivity (Wildman–Crippen MR) is 61.3 cm³/mol. The van der Waals surface area contributed by atoms with Crippen molar-refractivity contribution in [1.82, 2.24) is 0 Å². The highest BCUT2D eigenvalue weighted by Gasteiger charge is 2.09. The molecule has 0 aromatic heterocycles. The number of carboxylic acid groups (broad SMARTS) is 1. The van der Waals surface area contributed by atoms with Gasteiger partial charge in [0.15, 0.2) is 0 Å². The van der Waals surface area contributed by atoms with E-state index >= 15 is 0 Å². The molecular weight excluding hydrogens is 188 g/mol. The molecule has 0 saturated carbocycles. The highest BCUT2D eigenvalue weighted by atomic mass is 16.4. The van der Waals surface area contributed by atoms with Gasteiger partial charge < -0.3 is 5.11 Å². The number of benzene rings is 1. The van der Waals surface area contributed by atoms with E-state index in [0.717, 1.165) is 24.0 Å². The van der Waals surface area contributed by atoms with E-state index in [-0.39, 0.29) is 0 Å². The number of aromatic carboxylic acids is 1. The van der Waals surface area contributed by atoms with Gasteiger partial charge in [0.25, 0.3) is 0 Å². The Bertz CT molecular complexity index is 354. The normalized spacial score (nSPS) is 10.7. The largest absolute Gasteiger partial charge is 0.478 e. The summed E-state index contributed by atoms with van der Waals surface area (Å²) in [7, 11) is 0. The van der Waals surface area contributed by atoms with E-state index in [4.69, 9.17) is 5.11 Å². The minimum atomic E-state index is -0.834. The number of carbonyl (C=O) groups is 1. The molecule has 82 valence electrons. The van der Waals surface area contributed by atoms with E-state index in [2.05, 4.69) is 13.8 Å². The molecule has 0 amide bonds. The van der Waals surface area contributed by atoms with Gasteiger partial charge in [-0.25, -0.2) is 4.79 Å². The molecule has 0 aliphatic carbocycles. The lowest BCUT2D eigenvalue weighted by Crippen LogP contribution is -2.03. The highest BCUT2D eigenvalue weighted by molar-refractivity contribution is 5.89. The summed E-state index contributed by atoms with van der Waals surface area (Å²) in [5.41, 5.74) is 2.49. The maximum atomic E-state index is 10.9. The second-order valence-electron chi connectivity index (χ2n) is 4.33. The molecule has 0 unspecified atom stereocenters. The summed E-state index contributed by atoms with van der Waals surface area (Å²) >= 11 is 0. The number of hydrogen-bond acceptors (Lipinski definition) is 1. The number of aryl methyl sites for hydroxylation is 1. The fraction of sp³-hybridized carbons (Fsp3) is 0.462. The minimum absolute atomic E-state index is 0.427. The van der Waals surface area contributed by atoms with E-state index in [1.165, 1.54) is 0 Å². The lowest BCUT2D eigenvalue weighted by Gasteiger charge is -2.09. The predicted octanol–water partition coefficient (Wildman–Crippen LogP) is 3.28. The lowest BCUT2D eigenvalue weighted by molar-refractivity contribution is 0.0696. The molecule has 15 heavy (non-hydrogen) atoms. The van der Waals surface area contributed by atoms with Crippen LogP contribution in [0.15, 0.2) is 18.2 Å². The Hall–Kier alpha value is -1.31. The van der Waals surface area contributed by atoms with Gasteiger partial charge in [0.05, 0.1) is 5.56 Å². The monoisotopic (exact) mass is 206 g/mol. The summed E-state index contributed by atoms with van der Waals surface area (Å²) in [6.07, 6.45) is 2.06. The van der Waals surface area contributed by atoms with E-state index in [9.17, 15) is 4.79 Å². The fourth-order valence-corrected chi connectivity index (χ4v) is 1.63. The first-order valence-electron chi connectivity index (χ1n) is 5.34. The average Bonchev–Trinajstić information content (AvgIpc) is 2.15. The van der Waals surface area contributed by atoms with Crippen LogP contribution >= 0.6 is 0 Å². The zero-order valence-electron chi connectivity index (χ0n) is 9.58. The SMILES string of the molecule is Cc1c(CCC(C)C)cccc1C(=O)O. The van der Waals surface area contributed by atoms with Crippen molar-refractivity contribution in [1.29, 1.82) is 0 Å². The summed E-state index contributed by atoms with van der Waals surface area (Å²) in [4.78, 5) is 10.9. The van der Waals surface area contributed by atoms with Crippen LogP contribution in [0.5, 0.6) is 0 Å². The van der Waals surface area contributed by atoms with Crippen LogP contribution in [0.1, 0.15) is 41.8 Å². The number of carboxylic acids is 1. The van der Waals surface area contributed by atoms with Gasteiger partial charge in [-0.3, -0.25) is 0 Å². The third-order valence-electron chi connectivity index (χ3n) is 2.67. The second-order valence-corrected chi connectivity index (χ2v) is 4.33. The lowest BCUT2D eigenvalue weighted by atomic mass is 9.96. The smallest absolute Gasteiger partial charge is 0.335 e. The Labute approximate surface area is 90.9 Å². The molecule has 0 fully saturated rings. The topological polar surface area (TPSA) is 37.3 Å². The molecule has 0 aliphatic rings. The van der Waals surface area contributed by atoms with E-state index in [1.807, 2.05) is 19.1 Å². The fourth-order valence-electron chi connectivity index (χ4n) is 1.63.